The minimum atomic E-state index is -3.74. The quantitative estimate of drug-likeness (QED) is 0.482. The van der Waals surface area contributed by atoms with Gasteiger partial charge in [-0.2, -0.15) is 0 Å². The molecule has 1 heterocycles. The van der Waals surface area contributed by atoms with E-state index in [1.165, 1.54) is 25.1 Å². The minimum Gasteiger partial charge on any atom is -0.486 e. The monoisotopic (exact) mass is 372 g/mol. The maximum absolute atomic E-state index is 12.2. The fraction of sp³-hybridized carbons (Fsp3) is 0.467. The van der Waals surface area contributed by atoms with Crippen LogP contribution in [0.3, 0.4) is 0 Å². The van der Waals surface area contributed by atoms with Crippen molar-refractivity contribution in [3.05, 3.63) is 18.2 Å². The molecule has 0 aliphatic carbocycles. The van der Waals surface area contributed by atoms with Gasteiger partial charge in [0.1, 0.15) is 13.2 Å². The van der Waals surface area contributed by atoms with Crippen LogP contribution < -0.4 is 19.9 Å². The first-order valence-corrected chi connectivity index (χ1v) is 9.16. The van der Waals surface area contributed by atoms with Gasteiger partial charge in [0.25, 0.3) is 5.91 Å². The summed E-state index contributed by atoms with van der Waals surface area (Å²) in [5, 5.41) is 0. The van der Waals surface area contributed by atoms with Crippen molar-refractivity contribution < 1.29 is 32.2 Å². The fourth-order valence-corrected chi connectivity index (χ4v) is 3.12. The van der Waals surface area contributed by atoms with Crippen LogP contribution in [0.4, 0.5) is 0 Å². The molecule has 1 aliphatic rings. The third kappa shape index (κ3) is 5.33. The van der Waals surface area contributed by atoms with Gasteiger partial charge in [0.05, 0.1) is 4.90 Å². The van der Waals surface area contributed by atoms with Crippen molar-refractivity contribution in [1.82, 2.24) is 4.72 Å². The van der Waals surface area contributed by atoms with Crippen LogP contribution in [-0.4, -0.2) is 46.2 Å². The number of primary amides is 1. The number of ether oxygens (including phenoxy) is 3. The number of nitrogens with two attached hydrogens (primary N) is 1. The van der Waals surface area contributed by atoms with Crippen LogP contribution in [0.15, 0.2) is 23.1 Å². The van der Waals surface area contributed by atoms with E-state index in [4.69, 9.17) is 19.9 Å². The van der Waals surface area contributed by atoms with Gasteiger partial charge in [-0.05, 0) is 25.5 Å². The number of sulfonamides is 1. The number of nitrogens with one attached hydrogen (secondary N) is 1. The predicted molar refractivity (Wildman–Crippen MR) is 86.6 cm³/mol. The van der Waals surface area contributed by atoms with Gasteiger partial charge in [0.15, 0.2) is 17.6 Å². The van der Waals surface area contributed by atoms with Crippen molar-refractivity contribution in [2.24, 2.45) is 5.73 Å². The third-order valence-electron chi connectivity index (χ3n) is 3.38. The Morgan fingerprint density at radius 2 is 1.96 bits per heavy atom. The number of amides is 1. The highest BCUT2D eigenvalue weighted by Crippen LogP contribution is 2.32. The number of hydrogen-bond donors (Lipinski definition) is 2. The molecule has 9 nitrogen and oxygen atoms in total. The highest BCUT2D eigenvalue weighted by Gasteiger charge is 2.19. The molecule has 3 N–H and O–H groups in total. The lowest BCUT2D eigenvalue weighted by atomic mass is 10.3. The zero-order valence-corrected chi connectivity index (χ0v) is 14.5. The van der Waals surface area contributed by atoms with E-state index in [2.05, 4.69) is 4.72 Å². The minimum absolute atomic E-state index is 0.0385. The van der Waals surface area contributed by atoms with Crippen molar-refractivity contribution in [2.45, 2.75) is 30.8 Å². The van der Waals surface area contributed by atoms with Crippen molar-refractivity contribution in [2.75, 3.05) is 19.8 Å². The molecule has 1 aliphatic heterocycles. The first kappa shape index (κ1) is 19.0. The van der Waals surface area contributed by atoms with Crippen LogP contribution in [0.2, 0.25) is 0 Å². The number of hydrogen-bond acceptors (Lipinski definition) is 7. The van der Waals surface area contributed by atoms with E-state index in [9.17, 15) is 18.0 Å². The van der Waals surface area contributed by atoms with Crippen LogP contribution in [0, 0.1) is 0 Å². The van der Waals surface area contributed by atoms with Gasteiger partial charge in [-0.3, -0.25) is 9.59 Å². The summed E-state index contributed by atoms with van der Waals surface area (Å²) < 4.78 is 42.3. The molecule has 0 spiro atoms. The van der Waals surface area contributed by atoms with E-state index in [0.717, 1.165) is 0 Å². The Bertz CT molecular complexity index is 748. The number of carbonyl (C=O) groups excluding carboxylic acids is 2. The summed E-state index contributed by atoms with van der Waals surface area (Å²) in [5.41, 5.74) is 4.98. The highest BCUT2D eigenvalue weighted by atomic mass is 32.2. The lowest BCUT2D eigenvalue weighted by Gasteiger charge is -2.18. The van der Waals surface area contributed by atoms with Gasteiger partial charge >= 0.3 is 5.97 Å². The summed E-state index contributed by atoms with van der Waals surface area (Å²) in [7, 11) is -3.74. The lowest BCUT2D eigenvalue weighted by Crippen LogP contribution is -2.31. The van der Waals surface area contributed by atoms with Crippen LogP contribution in [-0.2, 0) is 24.3 Å². The Morgan fingerprint density at radius 1 is 1.28 bits per heavy atom. The molecule has 25 heavy (non-hydrogen) atoms. The van der Waals surface area contributed by atoms with Gasteiger partial charge in [0.2, 0.25) is 10.0 Å². The van der Waals surface area contributed by atoms with Gasteiger partial charge in [-0.25, -0.2) is 13.1 Å². The Labute approximate surface area is 145 Å². The van der Waals surface area contributed by atoms with E-state index in [1.54, 1.807) is 0 Å². The summed E-state index contributed by atoms with van der Waals surface area (Å²) in [5.74, 6) is -0.493. The second kappa shape index (κ2) is 8.17. The molecule has 1 atom stereocenters. The zero-order valence-electron chi connectivity index (χ0n) is 13.7. The maximum atomic E-state index is 12.2. The molecule has 1 aromatic carbocycles. The summed E-state index contributed by atoms with van der Waals surface area (Å²) >= 11 is 0. The molecule has 0 saturated carbocycles. The summed E-state index contributed by atoms with van der Waals surface area (Å²) in [6.45, 7) is 2.18. The van der Waals surface area contributed by atoms with E-state index >= 15 is 0 Å². The molecule has 138 valence electrons. The first-order chi connectivity index (χ1) is 11.8. The van der Waals surface area contributed by atoms with Crippen molar-refractivity contribution in [1.29, 1.82) is 0 Å². The van der Waals surface area contributed by atoms with E-state index < -0.39 is 28.0 Å². The molecule has 0 aromatic heterocycles. The van der Waals surface area contributed by atoms with Gasteiger partial charge in [-0.15, -0.1) is 0 Å². The molecule has 10 heteroatoms. The summed E-state index contributed by atoms with van der Waals surface area (Å²) in [6, 6.07) is 4.34. The van der Waals surface area contributed by atoms with E-state index in [-0.39, 0.29) is 24.3 Å². The maximum Gasteiger partial charge on any atom is 0.306 e. The number of benzene rings is 1. The Kier molecular flexibility index (Phi) is 6.21. The molecule has 0 saturated heterocycles. The SMILES string of the molecule is C[C@@H](OC(=O)CCCNS(=O)(=O)c1ccc2c(c1)OCCO2)C(N)=O. The second-order valence-electron chi connectivity index (χ2n) is 5.34. The predicted octanol–water partition coefficient (Wildman–Crippen LogP) is -0.0667. The summed E-state index contributed by atoms with van der Waals surface area (Å²) in [6.07, 6.45) is -0.836. The van der Waals surface area contributed by atoms with Crippen LogP contribution in [0.1, 0.15) is 19.8 Å². The van der Waals surface area contributed by atoms with Crippen molar-refractivity contribution in [3.63, 3.8) is 0 Å². The number of esters is 1. The topological polar surface area (TPSA) is 134 Å². The highest BCUT2D eigenvalue weighted by molar-refractivity contribution is 7.89. The second-order valence-corrected chi connectivity index (χ2v) is 7.11. The molecule has 0 radical (unpaired) electrons. The summed E-state index contributed by atoms with van der Waals surface area (Å²) in [4.78, 5) is 22.3. The molecular formula is C15H20N2O7S. The molecule has 0 fully saturated rings. The molecule has 0 bridgehead atoms. The van der Waals surface area contributed by atoms with Gasteiger partial charge < -0.3 is 19.9 Å². The van der Waals surface area contributed by atoms with Crippen molar-refractivity contribution >= 4 is 21.9 Å². The van der Waals surface area contributed by atoms with Gasteiger partial charge in [-0.1, -0.05) is 0 Å². The Balaban J connectivity index is 1.83. The molecule has 1 aromatic rings. The van der Waals surface area contributed by atoms with Crippen LogP contribution in [0.5, 0.6) is 11.5 Å². The Morgan fingerprint density at radius 3 is 2.64 bits per heavy atom. The third-order valence-corrected chi connectivity index (χ3v) is 4.84. The number of fused-ring (bicyclic) bond motifs is 1. The molecule has 1 amide bonds. The smallest absolute Gasteiger partial charge is 0.306 e. The average Bonchev–Trinajstić information content (AvgIpc) is 2.58. The van der Waals surface area contributed by atoms with Crippen LogP contribution in [0.25, 0.3) is 0 Å². The molecule has 0 unspecified atom stereocenters. The first-order valence-electron chi connectivity index (χ1n) is 7.68. The Hall–Kier alpha value is -2.33. The average molecular weight is 372 g/mol. The molecular weight excluding hydrogens is 352 g/mol. The van der Waals surface area contributed by atoms with Crippen LogP contribution >= 0.6 is 0 Å². The van der Waals surface area contributed by atoms with Gasteiger partial charge in [0, 0.05) is 19.0 Å². The lowest BCUT2D eigenvalue weighted by molar-refractivity contribution is -0.153. The number of carbonyl (C=O) groups is 2. The van der Waals surface area contributed by atoms with Crippen molar-refractivity contribution in [3.8, 4) is 11.5 Å². The molecule has 2 rings (SSSR count). The number of rotatable bonds is 8. The fourth-order valence-electron chi connectivity index (χ4n) is 2.03. The normalized spacial score (nSPS) is 14.6. The van der Waals surface area contributed by atoms with E-state index in [0.29, 0.717) is 24.7 Å². The zero-order chi connectivity index (χ0) is 18.4. The standard InChI is InChI=1S/C15H20N2O7S/c1-10(15(16)19)24-14(18)3-2-6-17-25(20,21)11-4-5-12-13(9-11)23-8-7-22-12/h4-5,9-10,17H,2-3,6-8H2,1H3,(H2,16,19)/t10-/m1/s1. The van der Waals surface area contributed by atoms with E-state index in [1.807, 2.05) is 0 Å². The largest absolute Gasteiger partial charge is 0.486 e.